The highest BCUT2D eigenvalue weighted by Crippen LogP contribution is 2.46. The zero-order valence-corrected chi connectivity index (χ0v) is 33.8. The Morgan fingerprint density at radius 1 is 1.07 bits per heavy atom. The van der Waals surface area contributed by atoms with Gasteiger partial charge in [0.25, 0.3) is 5.91 Å². The summed E-state index contributed by atoms with van der Waals surface area (Å²) in [6.45, 7) is 8.80. The number of nitrogens with zero attached hydrogens (tertiary/aromatic N) is 3. The molecular formula is C40H43F3N6O7S2. The van der Waals surface area contributed by atoms with Gasteiger partial charge in [-0.05, 0) is 36.8 Å². The number of hydrogen-bond acceptors (Lipinski definition) is 11. The van der Waals surface area contributed by atoms with Gasteiger partial charge in [-0.2, -0.15) is 13.2 Å². The van der Waals surface area contributed by atoms with Gasteiger partial charge >= 0.3 is 6.18 Å². The highest BCUT2D eigenvalue weighted by Gasteiger charge is 2.62. The Balaban J connectivity index is 1.23. The molecule has 1 aliphatic heterocycles. The third kappa shape index (κ3) is 8.34. The van der Waals surface area contributed by atoms with Crippen molar-refractivity contribution < 1.29 is 45.4 Å². The van der Waals surface area contributed by atoms with Gasteiger partial charge in [0, 0.05) is 40.8 Å². The van der Waals surface area contributed by atoms with Crippen LogP contribution in [-0.2, 0) is 30.6 Å². The summed E-state index contributed by atoms with van der Waals surface area (Å²) in [7, 11) is -2.42. The van der Waals surface area contributed by atoms with E-state index in [1.807, 2.05) is 30.3 Å². The Hall–Kier alpha value is -5.23. The Morgan fingerprint density at radius 2 is 1.79 bits per heavy atom. The number of carbonyl (C=O) groups excluding carboxylic acids is 3. The molecule has 3 aliphatic rings. The summed E-state index contributed by atoms with van der Waals surface area (Å²) in [4.78, 5) is 52.6. The van der Waals surface area contributed by atoms with Crippen LogP contribution in [0.1, 0.15) is 52.1 Å². The number of anilines is 1. The topological polar surface area (TPSA) is 169 Å². The Bertz CT molecular complexity index is 2370. The average molecular weight is 841 g/mol. The van der Waals surface area contributed by atoms with Crippen molar-refractivity contribution in [1.29, 1.82) is 0 Å². The van der Waals surface area contributed by atoms with Crippen molar-refractivity contribution >= 4 is 55.1 Å². The number of fused-ring (bicyclic) bond motifs is 1. The molecule has 3 heterocycles. The predicted molar refractivity (Wildman–Crippen MR) is 212 cm³/mol. The third-order valence-corrected chi connectivity index (χ3v) is 13.2. The number of ether oxygens (including phenoxy) is 2. The van der Waals surface area contributed by atoms with Crippen LogP contribution in [0.15, 0.2) is 72.6 Å². The molecule has 3 N–H and O–H groups in total. The monoisotopic (exact) mass is 840 g/mol. The van der Waals surface area contributed by atoms with Crippen LogP contribution >= 0.6 is 11.3 Å². The van der Waals surface area contributed by atoms with E-state index < -0.39 is 79.9 Å². The summed E-state index contributed by atoms with van der Waals surface area (Å²) in [5, 5.41) is 6.30. The summed E-state index contributed by atoms with van der Waals surface area (Å²) in [6, 6.07) is 14.1. The van der Waals surface area contributed by atoms with E-state index in [2.05, 4.69) is 26.9 Å². The molecule has 2 aromatic heterocycles. The van der Waals surface area contributed by atoms with Crippen molar-refractivity contribution in [2.45, 2.75) is 81.6 Å². The molecule has 4 aromatic rings. The van der Waals surface area contributed by atoms with Crippen molar-refractivity contribution in [3.8, 4) is 22.8 Å². The van der Waals surface area contributed by atoms with Crippen molar-refractivity contribution in [2.24, 2.45) is 11.3 Å². The first-order chi connectivity index (χ1) is 27.3. The zero-order valence-electron chi connectivity index (χ0n) is 32.1. The van der Waals surface area contributed by atoms with Gasteiger partial charge in [0.15, 0.2) is 10.8 Å². The van der Waals surface area contributed by atoms with Crippen molar-refractivity contribution in [1.82, 2.24) is 24.9 Å². The van der Waals surface area contributed by atoms with Crippen molar-refractivity contribution in [2.75, 3.05) is 19.0 Å². The van der Waals surface area contributed by atoms with E-state index in [4.69, 9.17) is 14.5 Å². The number of rotatable bonds is 13. The molecule has 2 aromatic carbocycles. The fraction of sp³-hybridized carbons (Fsp3) is 0.425. The lowest BCUT2D eigenvalue weighted by molar-refractivity contribution is -0.141. The number of pyridine rings is 1. The Labute approximate surface area is 337 Å². The highest BCUT2D eigenvalue weighted by molar-refractivity contribution is 7.91. The van der Waals surface area contributed by atoms with E-state index in [-0.39, 0.29) is 24.5 Å². The number of alkyl halides is 3. The maximum atomic E-state index is 14.7. The average Bonchev–Trinajstić information content (AvgIpc) is 4.06. The van der Waals surface area contributed by atoms with Crippen LogP contribution in [0.5, 0.6) is 11.5 Å². The lowest BCUT2D eigenvalue weighted by Crippen LogP contribution is -2.58. The molecular weight excluding hydrogens is 798 g/mol. The number of carbonyl (C=O) groups is 3. The molecule has 3 fully saturated rings. The van der Waals surface area contributed by atoms with Crippen LogP contribution in [0.4, 0.5) is 18.3 Å². The number of thiazole rings is 1. The van der Waals surface area contributed by atoms with Gasteiger partial charge in [0.05, 0.1) is 30.1 Å². The lowest BCUT2D eigenvalue weighted by Gasteiger charge is -2.35. The molecule has 0 spiro atoms. The number of nitrogens with one attached hydrogen (secondary N) is 3. The Morgan fingerprint density at radius 3 is 2.40 bits per heavy atom. The quantitative estimate of drug-likeness (QED) is 0.137. The molecule has 5 atom stereocenters. The van der Waals surface area contributed by atoms with Crippen LogP contribution in [0, 0.1) is 11.3 Å². The van der Waals surface area contributed by atoms with Crippen molar-refractivity contribution in [3.05, 3.63) is 78.3 Å². The minimum absolute atomic E-state index is 0.0542. The first-order valence-electron chi connectivity index (χ1n) is 18.6. The maximum Gasteiger partial charge on any atom is 0.434 e. The number of methoxy groups -OCH3 is 1. The van der Waals surface area contributed by atoms with Gasteiger partial charge in [0.2, 0.25) is 21.8 Å². The number of likely N-dealkylation sites (tertiary alicyclic amines) is 1. The minimum atomic E-state index is -4.70. The largest absolute Gasteiger partial charge is 0.497 e. The van der Waals surface area contributed by atoms with E-state index in [1.165, 1.54) is 18.1 Å². The predicted octanol–water partition coefficient (Wildman–Crippen LogP) is 5.93. The molecule has 58 heavy (non-hydrogen) atoms. The molecule has 2 saturated carbocycles. The van der Waals surface area contributed by atoms with Gasteiger partial charge in [-0.25, -0.2) is 18.4 Å². The molecule has 308 valence electrons. The fourth-order valence-electron chi connectivity index (χ4n) is 7.14. The van der Waals surface area contributed by atoms with Crippen LogP contribution in [0.3, 0.4) is 0 Å². The lowest BCUT2D eigenvalue weighted by atomic mass is 9.85. The summed E-state index contributed by atoms with van der Waals surface area (Å²) in [5.74, 6) is -1.87. The van der Waals surface area contributed by atoms with E-state index in [1.54, 1.807) is 45.0 Å². The van der Waals surface area contributed by atoms with E-state index >= 15 is 0 Å². The number of hydrogen-bond donors (Lipinski definition) is 3. The van der Waals surface area contributed by atoms with E-state index in [0.717, 1.165) is 10.9 Å². The van der Waals surface area contributed by atoms with Crippen LogP contribution in [-0.4, -0.2) is 83.6 Å². The third-order valence-electron chi connectivity index (χ3n) is 10.6. The normalized spacial score (nSPS) is 22.5. The molecule has 2 aliphatic carbocycles. The number of aromatic nitrogens is 2. The van der Waals surface area contributed by atoms with E-state index in [0.29, 0.717) is 52.3 Å². The summed E-state index contributed by atoms with van der Waals surface area (Å²) >= 11 is 0.691. The first kappa shape index (κ1) is 40.9. The molecule has 0 radical (unpaired) electrons. The fourth-order valence-corrected chi connectivity index (χ4v) is 9.25. The summed E-state index contributed by atoms with van der Waals surface area (Å²) in [6.07, 6.45) is -3.17. The van der Waals surface area contributed by atoms with Gasteiger partial charge in [-0.3, -0.25) is 19.1 Å². The number of sulfonamides is 1. The van der Waals surface area contributed by atoms with Crippen LogP contribution in [0.2, 0.25) is 0 Å². The van der Waals surface area contributed by atoms with Gasteiger partial charge < -0.3 is 25.0 Å². The second-order valence-corrected chi connectivity index (χ2v) is 18.7. The Kier molecular flexibility index (Phi) is 10.7. The van der Waals surface area contributed by atoms with Crippen molar-refractivity contribution in [3.63, 3.8) is 0 Å². The van der Waals surface area contributed by atoms with E-state index in [9.17, 15) is 36.0 Å². The second-order valence-electron chi connectivity index (χ2n) is 15.9. The second kappa shape index (κ2) is 15.2. The van der Waals surface area contributed by atoms with Crippen LogP contribution in [0.25, 0.3) is 22.2 Å². The standard InChI is InChI=1S/C40H43F3N6O7S2/c1-6-23-19-39(23,36(52)48-58(53,54)26-13-14-26)47-34(50)30-17-25(20-49(30)35(51)33(38(2,3)4)46-37-45-32(21-57-37)40(41,42)43)56-31-18-28(22-10-8-7-9-11-22)44-29-16-24(55-5)12-15-27(29)31/h6-12,15-16,18,21,23,25-26,30,33H,1,13-14,17,19-20H2,2-5H3,(H,45,46)(H,47,50)(H,48,52)/t23-,25?,30?,33-,39-/m1/s1. The highest BCUT2D eigenvalue weighted by atomic mass is 32.2. The molecule has 0 bridgehead atoms. The summed E-state index contributed by atoms with van der Waals surface area (Å²) in [5.41, 5.74) is -1.69. The summed E-state index contributed by atoms with van der Waals surface area (Å²) < 4.78 is 80.2. The zero-order chi connectivity index (χ0) is 41.8. The van der Waals surface area contributed by atoms with Gasteiger partial charge in [-0.1, -0.05) is 57.2 Å². The van der Waals surface area contributed by atoms with Gasteiger partial charge in [0.1, 0.15) is 35.2 Å². The molecule has 2 unspecified atom stereocenters. The number of amides is 3. The first-order valence-corrected chi connectivity index (χ1v) is 21.1. The molecule has 1 saturated heterocycles. The molecule has 3 amide bonds. The smallest absolute Gasteiger partial charge is 0.434 e. The molecule has 13 nitrogen and oxygen atoms in total. The maximum absolute atomic E-state index is 14.7. The van der Waals surface area contributed by atoms with Crippen LogP contribution < -0.4 is 24.8 Å². The van der Waals surface area contributed by atoms with Gasteiger partial charge in [-0.15, -0.1) is 17.9 Å². The number of benzene rings is 2. The molecule has 18 heteroatoms. The SMILES string of the molecule is C=C[C@@H]1C[C@]1(NC(=O)C1CC(Oc2cc(-c3ccccc3)nc3cc(OC)ccc23)CN1C(=O)[C@@H](Nc1nc(C(F)(F)F)cs1)C(C)(C)C)C(=O)NS(=O)(=O)C1CC1. The molecule has 7 rings (SSSR count). The minimum Gasteiger partial charge on any atom is -0.497 e. The number of halogens is 3.